The van der Waals surface area contributed by atoms with E-state index in [1.165, 1.54) is 10.9 Å². The van der Waals surface area contributed by atoms with E-state index in [2.05, 4.69) is 26.1 Å². The van der Waals surface area contributed by atoms with Crippen LogP contribution >= 0.6 is 0 Å². The summed E-state index contributed by atoms with van der Waals surface area (Å²) in [6, 6.07) is 9.03. The molecule has 0 aliphatic rings. The number of nitrogens with zero attached hydrogens (tertiary/aromatic N) is 4. The first-order chi connectivity index (χ1) is 14.2. The Balaban J connectivity index is 1.46. The van der Waals surface area contributed by atoms with Gasteiger partial charge in [-0.25, -0.2) is 4.68 Å². The molecule has 1 aromatic carbocycles. The molecule has 0 radical (unpaired) electrons. The Hall–Kier alpha value is -3.69. The number of aryl methyl sites for hydroxylation is 1. The molecule has 0 aliphatic heterocycles. The van der Waals surface area contributed by atoms with Crippen LogP contribution < -0.4 is 10.9 Å². The molecule has 30 heavy (non-hydrogen) atoms. The SMILES string of the molecule is CC(C)(C)c1noc(CCCC(=O)NNC(=O)c2nn(-c3ccccc3)cc2O)n1. The summed E-state index contributed by atoms with van der Waals surface area (Å²) in [5.41, 5.74) is 4.84. The number of hydrogen-bond donors (Lipinski definition) is 3. The quantitative estimate of drug-likeness (QED) is 0.527. The van der Waals surface area contributed by atoms with Gasteiger partial charge in [-0.3, -0.25) is 20.4 Å². The van der Waals surface area contributed by atoms with E-state index in [-0.39, 0.29) is 29.2 Å². The number of para-hydroxylation sites is 1. The van der Waals surface area contributed by atoms with Gasteiger partial charge in [0, 0.05) is 18.3 Å². The van der Waals surface area contributed by atoms with E-state index in [1.807, 2.05) is 39.0 Å². The van der Waals surface area contributed by atoms with Gasteiger partial charge in [0.05, 0.1) is 11.9 Å². The molecule has 2 amide bonds. The maximum Gasteiger partial charge on any atom is 0.294 e. The van der Waals surface area contributed by atoms with Crippen LogP contribution in [-0.2, 0) is 16.6 Å². The van der Waals surface area contributed by atoms with Crippen molar-refractivity contribution in [3.8, 4) is 11.4 Å². The molecular weight excluding hydrogens is 388 g/mol. The van der Waals surface area contributed by atoms with Crippen molar-refractivity contribution in [2.75, 3.05) is 0 Å². The van der Waals surface area contributed by atoms with Crippen LogP contribution in [0.4, 0.5) is 0 Å². The van der Waals surface area contributed by atoms with Gasteiger partial charge in [-0.15, -0.1) is 0 Å². The number of aromatic nitrogens is 4. The fourth-order valence-corrected chi connectivity index (χ4v) is 2.55. The smallest absolute Gasteiger partial charge is 0.294 e. The molecule has 3 N–H and O–H groups in total. The van der Waals surface area contributed by atoms with Gasteiger partial charge < -0.3 is 9.63 Å². The highest BCUT2D eigenvalue weighted by Crippen LogP contribution is 2.19. The van der Waals surface area contributed by atoms with E-state index in [1.54, 1.807) is 12.1 Å². The molecule has 10 heteroatoms. The summed E-state index contributed by atoms with van der Waals surface area (Å²) in [6.45, 7) is 5.95. The van der Waals surface area contributed by atoms with E-state index >= 15 is 0 Å². The fourth-order valence-electron chi connectivity index (χ4n) is 2.55. The Morgan fingerprint density at radius 2 is 1.90 bits per heavy atom. The molecule has 2 heterocycles. The third kappa shape index (κ3) is 5.22. The molecule has 0 fully saturated rings. The number of rotatable bonds is 6. The molecule has 3 aromatic rings. The molecule has 2 aromatic heterocycles. The normalized spacial score (nSPS) is 11.3. The zero-order valence-corrected chi connectivity index (χ0v) is 17.0. The highest BCUT2D eigenvalue weighted by molar-refractivity contribution is 5.95. The molecule has 10 nitrogen and oxygen atoms in total. The average Bonchev–Trinajstić information content (AvgIpc) is 3.34. The maximum absolute atomic E-state index is 12.2. The monoisotopic (exact) mass is 412 g/mol. The van der Waals surface area contributed by atoms with Crippen molar-refractivity contribution in [3.63, 3.8) is 0 Å². The molecule has 0 atom stereocenters. The summed E-state index contributed by atoms with van der Waals surface area (Å²) in [7, 11) is 0. The molecular formula is C20H24N6O4. The predicted molar refractivity (Wildman–Crippen MR) is 107 cm³/mol. The van der Waals surface area contributed by atoms with Crippen molar-refractivity contribution in [3.05, 3.63) is 53.9 Å². The van der Waals surface area contributed by atoms with E-state index in [0.717, 1.165) is 0 Å². The number of carbonyl (C=O) groups is 2. The lowest BCUT2D eigenvalue weighted by molar-refractivity contribution is -0.121. The van der Waals surface area contributed by atoms with Gasteiger partial charge in [-0.2, -0.15) is 10.1 Å². The van der Waals surface area contributed by atoms with Crippen LogP contribution in [-0.4, -0.2) is 36.8 Å². The van der Waals surface area contributed by atoms with Gasteiger partial charge in [-0.1, -0.05) is 44.1 Å². The van der Waals surface area contributed by atoms with Crippen LogP contribution in [0.15, 0.2) is 41.1 Å². The second kappa shape index (κ2) is 8.76. The van der Waals surface area contributed by atoms with Gasteiger partial charge in [0.2, 0.25) is 11.8 Å². The number of hydrogen-bond acceptors (Lipinski definition) is 7. The summed E-state index contributed by atoms with van der Waals surface area (Å²) >= 11 is 0. The number of nitrogens with one attached hydrogen (secondary N) is 2. The first kappa shape index (κ1) is 21.0. The highest BCUT2D eigenvalue weighted by Gasteiger charge is 2.21. The summed E-state index contributed by atoms with van der Waals surface area (Å²) < 4.78 is 6.56. The van der Waals surface area contributed by atoms with Gasteiger partial charge in [0.25, 0.3) is 5.91 Å². The zero-order chi connectivity index (χ0) is 21.7. The number of hydrazine groups is 1. The number of carbonyl (C=O) groups excluding carboxylic acids is 2. The summed E-state index contributed by atoms with van der Waals surface area (Å²) in [5.74, 6) is -0.322. The number of amides is 2. The van der Waals surface area contributed by atoms with E-state index in [4.69, 9.17) is 4.52 Å². The van der Waals surface area contributed by atoms with Crippen LogP contribution in [0.25, 0.3) is 5.69 Å². The minimum absolute atomic E-state index is 0.151. The van der Waals surface area contributed by atoms with Gasteiger partial charge in [0.1, 0.15) is 0 Å². The van der Waals surface area contributed by atoms with Crippen LogP contribution in [0.2, 0.25) is 0 Å². The zero-order valence-electron chi connectivity index (χ0n) is 17.0. The standard InChI is InChI=1S/C20H24N6O4/c1-20(2,3)19-21-16(30-25-19)11-7-10-15(28)22-23-18(29)17-14(27)12-26(24-17)13-8-5-4-6-9-13/h4-6,8-9,12,27H,7,10-11H2,1-3H3,(H,22,28)(H,23,29). The summed E-state index contributed by atoms with van der Waals surface area (Å²) in [4.78, 5) is 28.5. The second-order valence-corrected chi connectivity index (χ2v) is 7.76. The van der Waals surface area contributed by atoms with E-state index < -0.39 is 5.91 Å². The van der Waals surface area contributed by atoms with Crippen molar-refractivity contribution >= 4 is 11.8 Å². The lowest BCUT2D eigenvalue weighted by Gasteiger charge is -2.10. The molecule has 0 bridgehead atoms. The largest absolute Gasteiger partial charge is 0.504 e. The van der Waals surface area contributed by atoms with Crippen molar-refractivity contribution in [2.24, 2.45) is 0 Å². The maximum atomic E-state index is 12.2. The summed E-state index contributed by atoms with van der Waals surface area (Å²) in [6.07, 6.45) is 2.40. The van der Waals surface area contributed by atoms with Crippen LogP contribution in [0.1, 0.15) is 55.8 Å². The van der Waals surface area contributed by atoms with Crippen LogP contribution in [0, 0.1) is 0 Å². The lowest BCUT2D eigenvalue weighted by Crippen LogP contribution is -2.41. The molecule has 0 saturated carbocycles. The highest BCUT2D eigenvalue weighted by atomic mass is 16.5. The summed E-state index contributed by atoms with van der Waals surface area (Å²) in [5, 5.41) is 18.0. The molecule has 0 saturated heterocycles. The number of aromatic hydroxyl groups is 1. The van der Waals surface area contributed by atoms with E-state index in [0.29, 0.717) is 30.2 Å². The molecule has 0 aliphatic carbocycles. The average molecular weight is 412 g/mol. The molecule has 0 unspecified atom stereocenters. The van der Waals surface area contributed by atoms with Crippen molar-refractivity contribution < 1.29 is 19.2 Å². The minimum Gasteiger partial charge on any atom is -0.504 e. The van der Waals surface area contributed by atoms with Gasteiger partial charge in [0.15, 0.2) is 17.3 Å². The molecule has 3 rings (SSSR count). The Morgan fingerprint density at radius 1 is 1.17 bits per heavy atom. The van der Waals surface area contributed by atoms with Crippen molar-refractivity contribution in [1.29, 1.82) is 0 Å². The van der Waals surface area contributed by atoms with Crippen molar-refractivity contribution in [2.45, 2.75) is 45.4 Å². The Labute approximate surface area is 173 Å². The molecule has 0 spiro atoms. The third-order valence-corrected chi connectivity index (χ3v) is 4.18. The Kier molecular flexibility index (Phi) is 6.14. The van der Waals surface area contributed by atoms with Gasteiger partial charge in [-0.05, 0) is 18.6 Å². The van der Waals surface area contributed by atoms with Gasteiger partial charge >= 0.3 is 0 Å². The first-order valence-electron chi connectivity index (χ1n) is 9.50. The van der Waals surface area contributed by atoms with Crippen molar-refractivity contribution in [1.82, 2.24) is 30.8 Å². The third-order valence-electron chi connectivity index (χ3n) is 4.18. The molecule has 158 valence electrons. The topological polar surface area (TPSA) is 135 Å². The second-order valence-electron chi connectivity index (χ2n) is 7.76. The number of benzene rings is 1. The first-order valence-corrected chi connectivity index (χ1v) is 9.50. The lowest BCUT2D eigenvalue weighted by atomic mass is 9.96. The van der Waals surface area contributed by atoms with Crippen LogP contribution in [0.3, 0.4) is 0 Å². The Bertz CT molecular complexity index is 1020. The van der Waals surface area contributed by atoms with Crippen LogP contribution in [0.5, 0.6) is 5.75 Å². The predicted octanol–water partition coefficient (Wildman–Crippen LogP) is 2.04. The Morgan fingerprint density at radius 3 is 2.57 bits per heavy atom. The minimum atomic E-state index is -0.720. The van der Waals surface area contributed by atoms with E-state index in [9.17, 15) is 14.7 Å². The fraction of sp³-hybridized carbons (Fsp3) is 0.350.